The Morgan fingerprint density at radius 2 is 1.80 bits per heavy atom. The number of halogens is 3. The number of aromatic nitrogens is 2. The van der Waals surface area contributed by atoms with Gasteiger partial charge in [0.15, 0.2) is 5.69 Å². The molecular formula is C22H20F3N5O5. The van der Waals surface area contributed by atoms with Gasteiger partial charge in [0, 0.05) is 37.6 Å². The zero-order valence-corrected chi connectivity index (χ0v) is 18.8. The number of nitro groups is 1. The number of nitrogens with zero attached hydrogens (tertiary/aromatic N) is 4. The summed E-state index contributed by atoms with van der Waals surface area (Å²) in [4.78, 5) is 36.8. The molecule has 1 N–H and O–H groups in total. The number of benzene rings is 2. The molecule has 0 radical (unpaired) electrons. The second-order valence-electron chi connectivity index (χ2n) is 7.39. The van der Waals surface area contributed by atoms with Gasteiger partial charge in [-0.2, -0.15) is 18.3 Å². The van der Waals surface area contributed by atoms with Crippen LogP contribution in [0.4, 0.5) is 30.2 Å². The minimum absolute atomic E-state index is 0.0183. The third kappa shape index (κ3) is 5.39. The van der Waals surface area contributed by atoms with E-state index >= 15 is 0 Å². The van der Waals surface area contributed by atoms with E-state index in [9.17, 15) is 32.9 Å². The Bertz CT molecular complexity index is 1270. The molecular weight excluding hydrogens is 471 g/mol. The van der Waals surface area contributed by atoms with Crippen molar-refractivity contribution in [3.63, 3.8) is 0 Å². The first-order valence-electron chi connectivity index (χ1n) is 10.1. The molecule has 3 aromatic rings. The number of non-ortho nitro benzene ring substituents is 1. The second-order valence-corrected chi connectivity index (χ2v) is 7.39. The Morgan fingerprint density at radius 1 is 1.14 bits per heavy atom. The SMILES string of the molecule is CCOC(=O)c1cnn(-c2ccc(NC(=O)c3cc([N+](=O)[O-])ccc3N(C)C)cc2)c1C(F)(F)F. The van der Waals surface area contributed by atoms with Crippen molar-refractivity contribution in [3.05, 3.63) is 75.6 Å². The zero-order valence-electron chi connectivity index (χ0n) is 18.8. The number of amides is 1. The molecule has 1 aromatic heterocycles. The predicted molar refractivity (Wildman–Crippen MR) is 120 cm³/mol. The summed E-state index contributed by atoms with van der Waals surface area (Å²) in [6.45, 7) is 1.37. The first-order chi connectivity index (χ1) is 16.4. The van der Waals surface area contributed by atoms with Crippen LogP contribution in [0, 0.1) is 10.1 Å². The monoisotopic (exact) mass is 491 g/mol. The fourth-order valence-electron chi connectivity index (χ4n) is 3.27. The molecule has 0 saturated heterocycles. The zero-order chi connectivity index (χ0) is 25.9. The number of nitro benzene ring substituents is 1. The summed E-state index contributed by atoms with van der Waals surface area (Å²) in [6, 6.07) is 9.06. The van der Waals surface area contributed by atoms with E-state index in [2.05, 4.69) is 15.2 Å². The highest BCUT2D eigenvalue weighted by molar-refractivity contribution is 6.08. The third-order valence-electron chi connectivity index (χ3n) is 4.82. The molecule has 3 rings (SSSR count). The first-order valence-corrected chi connectivity index (χ1v) is 10.1. The van der Waals surface area contributed by atoms with Crippen LogP contribution in [0.15, 0.2) is 48.7 Å². The van der Waals surface area contributed by atoms with Crippen molar-refractivity contribution in [2.45, 2.75) is 13.1 Å². The number of carbonyl (C=O) groups is 2. The highest BCUT2D eigenvalue weighted by Gasteiger charge is 2.41. The van der Waals surface area contributed by atoms with Gasteiger partial charge in [-0.1, -0.05) is 0 Å². The molecule has 0 aliphatic heterocycles. The number of rotatable bonds is 7. The van der Waals surface area contributed by atoms with E-state index in [1.807, 2.05) is 0 Å². The third-order valence-corrected chi connectivity index (χ3v) is 4.82. The number of anilines is 2. The molecule has 0 aliphatic carbocycles. The summed E-state index contributed by atoms with van der Waals surface area (Å²) in [5.41, 5.74) is -1.61. The molecule has 2 aromatic carbocycles. The lowest BCUT2D eigenvalue weighted by Crippen LogP contribution is -2.19. The van der Waals surface area contributed by atoms with Gasteiger partial charge in [0.2, 0.25) is 0 Å². The molecule has 35 heavy (non-hydrogen) atoms. The lowest BCUT2D eigenvalue weighted by molar-refractivity contribution is -0.384. The van der Waals surface area contributed by atoms with Gasteiger partial charge in [-0.3, -0.25) is 14.9 Å². The quantitative estimate of drug-likeness (QED) is 0.297. The summed E-state index contributed by atoms with van der Waals surface area (Å²) >= 11 is 0. The number of esters is 1. The molecule has 10 nitrogen and oxygen atoms in total. The van der Waals surface area contributed by atoms with Crippen molar-refractivity contribution in [1.29, 1.82) is 0 Å². The van der Waals surface area contributed by atoms with Crippen molar-refractivity contribution in [2.24, 2.45) is 0 Å². The maximum Gasteiger partial charge on any atom is 0.434 e. The number of ether oxygens (including phenoxy) is 1. The smallest absolute Gasteiger partial charge is 0.434 e. The van der Waals surface area contributed by atoms with E-state index < -0.39 is 34.2 Å². The standard InChI is InChI=1S/C22H20F3N5O5/c1-4-35-21(32)17-12-26-29(19(17)22(23,24)25)14-7-5-13(6-8-14)27-20(31)16-11-15(30(33)34)9-10-18(16)28(2)3/h5-12H,4H2,1-3H3,(H,27,31). The Balaban J connectivity index is 1.91. The largest absolute Gasteiger partial charge is 0.462 e. The molecule has 1 amide bonds. The summed E-state index contributed by atoms with van der Waals surface area (Å²) in [7, 11) is 3.33. The van der Waals surface area contributed by atoms with Crippen LogP contribution in [0.5, 0.6) is 0 Å². The van der Waals surface area contributed by atoms with Crippen LogP contribution in [0.2, 0.25) is 0 Å². The van der Waals surface area contributed by atoms with Crippen LogP contribution in [-0.2, 0) is 10.9 Å². The average Bonchev–Trinajstić information content (AvgIpc) is 3.25. The number of alkyl halides is 3. The van der Waals surface area contributed by atoms with Gasteiger partial charge >= 0.3 is 12.1 Å². The van der Waals surface area contributed by atoms with Gasteiger partial charge in [-0.25, -0.2) is 9.48 Å². The lowest BCUT2D eigenvalue weighted by atomic mass is 10.1. The Labute approximate surface area is 197 Å². The Kier molecular flexibility index (Phi) is 7.08. The van der Waals surface area contributed by atoms with E-state index in [1.54, 1.807) is 19.0 Å². The lowest BCUT2D eigenvalue weighted by Gasteiger charge is -2.17. The maximum atomic E-state index is 13.7. The number of nitrogens with one attached hydrogen (secondary N) is 1. The normalized spacial score (nSPS) is 11.1. The molecule has 0 saturated carbocycles. The molecule has 1 heterocycles. The summed E-state index contributed by atoms with van der Waals surface area (Å²) in [6.07, 6.45) is -4.11. The molecule has 0 atom stereocenters. The van der Waals surface area contributed by atoms with E-state index in [0.717, 1.165) is 12.3 Å². The Hall–Kier alpha value is -4.42. The summed E-state index contributed by atoms with van der Waals surface area (Å²) in [5, 5.41) is 17.4. The molecule has 13 heteroatoms. The summed E-state index contributed by atoms with van der Waals surface area (Å²) < 4.78 is 46.3. The van der Waals surface area contributed by atoms with Gasteiger partial charge in [0.05, 0.1) is 29.0 Å². The van der Waals surface area contributed by atoms with Crippen molar-refractivity contribution >= 4 is 28.9 Å². The van der Waals surface area contributed by atoms with Gasteiger partial charge < -0.3 is 15.0 Å². The number of carbonyl (C=O) groups excluding carboxylic acids is 2. The van der Waals surface area contributed by atoms with Crippen molar-refractivity contribution < 1.29 is 32.4 Å². The predicted octanol–water partition coefficient (Wildman–Crippen LogP) is 4.29. The average molecular weight is 491 g/mol. The van der Waals surface area contributed by atoms with Crippen LogP contribution in [0.25, 0.3) is 5.69 Å². The fourth-order valence-corrected chi connectivity index (χ4v) is 3.27. The highest BCUT2D eigenvalue weighted by Crippen LogP contribution is 2.34. The van der Waals surface area contributed by atoms with E-state index in [1.165, 1.54) is 43.3 Å². The highest BCUT2D eigenvalue weighted by atomic mass is 19.4. The number of hydrogen-bond acceptors (Lipinski definition) is 7. The molecule has 184 valence electrons. The van der Waals surface area contributed by atoms with Crippen LogP contribution >= 0.6 is 0 Å². The first kappa shape index (κ1) is 25.2. The number of hydrogen-bond donors (Lipinski definition) is 1. The molecule has 0 fully saturated rings. The van der Waals surface area contributed by atoms with Crippen molar-refractivity contribution in [1.82, 2.24) is 9.78 Å². The van der Waals surface area contributed by atoms with E-state index in [-0.39, 0.29) is 29.2 Å². The van der Waals surface area contributed by atoms with Crippen LogP contribution in [0.3, 0.4) is 0 Å². The second kappa shape index (κ2) is 9.83. The molecule has 0 unspecified atom stereocenters. The van der Waals surface area contributed by atoms with Crippen LogP contribution in [0.1, 0.15) is 33.3 Å². The summed E-state index contributed by atoms with van der Waals surface area (Å²) in [5.74, 6) is -1.80. The topological polar surface area (TPSA) is 120 Å². The minimum atomic E-state index is -4.89. The van der Waals surface area contributed by atoms with Crippen LogP contribution in [-0.4, -0.2) is 47.3 Å². The van der Waals surface area contributed by atoms with Crippen molar-refractivity contribution in [3.8, 4) is 5.69 Å². The molecule has 0 spiro atoms. The van der Waals surface area contributed by atoms with E-state index in [4.69, 9.17) is 0 Å². The molecule has 0 aliphatic rings. The molecule has 0 bridgehead atoms. The van der Waals surface area contributed by atoms with Gasteiger partial charge in [-0.15, -0.1) is 0 Å². The maximum absolute atomic E-state index is 13.7. The fraction of sp³-hybridized carbons (Fsp3) is 0.227. The van der Waals surface area contributed by atoms with Gasteiger partial charge in [0.25, 0.3) is 11.6 Å². The van der Waals surface area contributed by atoms with Crippen LogP contribution < -0.4 is 10.2 Å². The van der Waals surface area contributed by atoms with Crippen molar-refractivity contribution in [2.75, 3.05) is 30.9 Å². The minimum Gasteiger partial charge on any atom is -0.462 e. The Morgan fingerprint density at radius 3 is 2.34 bits per heavy atom. The van der Waals surface area contributed by atoms with E-state index in [0.29, 0.717) is 10.4 Å². The van der Waals surface area contributed by atoms with Gasteiger partial charge in [-0.05, 0) is 37.3 Å². The van der Waals surface area contributed by atoms with Gasteiger partial charge in [0.1, 0.15) is 5.56 Å².